The third kappa shape index (κ3) is 8.14. The van der Waals surface area contributed by atoms with E-state index >= 15 is 0 Å². The highest BCUT2D eigenvalue weighted by molar-refractivity contribution is 5.95. The van der Waals surface area contributed by atoms with Crippen LogP contribution in [-0.4, -0.2) is 63.4 Å². The molecule has 0 N–H and O–H groups in total. The van der Waals surface area contributed by atoms with E-state index < -0.39 is 17.2 Å². The minimum atomic E-state index is -0.998. The Morgan fingerprint density at radius 1 is 0.959 bits per heavy atom. The Morgan fingerprint density at radius 3 is 2.47 bits per heavy atom. The summed E-state index contributed by atoms with van der Waals surface area (Å²) in [6, 6.07) is 18.7. The molecule has 2 aromatic heterocycles. The molecule has 10 heteroatoms. The first-order chi connectivity index (χ1) is 23.6. The van der Waals surface area contributed by atoms with Crippen LogP contribution in [0.15, 0.2) is 83.9 Å². The number of aromatic nitrogens is 4. The highest BCUT2D eigenvalue weighted by Gasteiger charge is 2.21. The Kier molecular flexibility index (Phi) is 10.3. The summed E-state index contributed by atoms with van der Waals surface area (Å²) in [5, 5.41) is 0.921. The maximum absolute atomic E-state index is 13.7. The van der Waals surface area contributed by atoms with Gasteiger partial charge in [-0.15, -0.1) is 0 Å². The lowest BCUT2D eigenvalue weighted by Gasteiger charge is -2.36. The van der Waals surface area contributed by atoms with Gasteiger partial charge in [0.2, 0.25) is 0 Å². The number of aryl methyl sites for hydroxylation is 1. The normalized spacial score (nSPS) is 14.1. The molecule has 0 aliphatic carbocycles. The minimum Gasteiger partial charge on any atom is -0.372 e. The van der Waals surface area contributed by atoms with E-state index in [2.05, 4.69) is 58.1 Å². The van der Waals surface area contributed by atoms with Crippen molar-refractivity contribution in [3.8, 4) is 0 Å². The number of allylic oxidation sites excluding steroid dienone is 1. The second-order valence-electron chi connectivity index (χ2n) is 12.8. The predicted molar refractivity (Wildman–Crippen MR) is 189 cm³/mol. The van der Waals surface area contributed by atoms with Gasteiger partial charge >= 0.3 is 0 Å². The Labute approximate surface area is 284 Å². The van der Waals surface area contributed by atoms with Crippen LogP contribution in [0.1, 0.15) is 64.4 Å². The zero-order chi connectivity index (χ0) is 34.5. The molecule has 1 saturated heterocycles. The lowest BCUT2D eigenvalue weighted by atomic mass is 10.0. The van der Waals surface area contributed by atoms with Crippen LogP contribution < -0.4 is 10.5 Å². The number of hydrogen-bond acceptors (Lipinski definition) is 7. The Morgan fingerprint density at radius 2 is 1.71 bits per heavy atom. The van der Waals surface area contributed by atoms with Crippen molar-refractivity contribution in [3.05, 3.63) is 135 Å². The molecule has 6 rings (SSSR count). The molecule has 1 aliphatic heterocycles. The summed E-state index contributed by atoms with van der Waals surface area (Å²) in [5.41, 5.74) is 4.07. The van der Waals surface area contributed by atoms with Gasteiger partial charge in [0.25, 0.3) is 5.56 Å². The van der Waals surface area contributed by atoms with Crippen LogP contribution in [0.5, 0.6) is 0 Å². The number of Topliss-reactive ketones (excluding diaryl/α,β-unsaturated/α-hetero) is 1. The van der Waals surface area contributed by atoms with Gasteiger partial charge in [0, 0.05) is 49.4 Å². The minimum absolute atomic E-state index is 0.0211. The molecule has 0 radical (unpaired) electrons. The fraction of sp³-hybridized carbons (Fsp3) is 0.308. The van der Waals surface area contributed by atoms with Crippen molar-refractivity contribution in [2.24, 2.45) is 0 Å². The number of fused-ring (bicyclic) bond motifs is 1. The average molecular weight is 663 g/mol. The van der Waals surface area contributed by atoms with Crippen LogP contribution in [0.4, 0.5) is 14.5 Å². The van der Waals surface area contributed by atoms with Crippen LogP contribution in [0.2, 0.25) is 0 Å². The van der Waals surface area contributed by atoms with Crippen LogP contribution in [0, 0.1) is 18.6 Å². The number of nitrogens with zero attached hydrogens (tertiary/aromatic N) is 6. The van der Waals surface area contributed by atoms with E-state index in [0.717, 1.165) is 53.1 Å². The second kappa shape index (κ2) is 15.0. The summed E-state index contributed by atoms with van der Waals surface area (Å²) >= 11 is 0. The number of hydrogen-bond donors (Lipinski definition) is 0. The van der Waals surface area contributed by atoms with Crippen LogP contribution in [-0.2, 0) is 13.0 Å². The summed E-state index contributed by atoms with van der Waals surface area (Å²) in [6.45, 7) is 3.88. The van der Waals surface area contributed by atoms with Crippen LogP contribution in [0.3, 0.4) is 0 Å². The number of piperidine rings is 1. The van der Waals surface area contributed by atoms with E-state index in [1.807, 2.05) is 36.5 Å². The van der Waals surface area contributed by atoms with E-state index in [1.165, 1.54) is 35.4 Å². The summed E-state index contributed by atoms with van der Waals surface area (Å²) < 4.78 is 28.3. The van der Waals surface area contributed by atoms with E-state index in [-0.39, 0.29) is 24.3 Å². The van der Waals surface area contributed by atoms with E-state index in [1.54, 1.807) is 6.92 Å². The summed E-state index contributed by atoms with van der Waals surface area (Å²) in [5.74, 6) is -1.16. The first-order valence-electron chi connectivity index (χ1n) is 16.6. The Bertz CT molecular complexity index is 2050. The number of likely N-dealkylation sites (tertiary alicyclic amines) is 1. The van der Waals surface area contributed by atoms with E-state index in [9.17, 15) is 18.4 Å². The Balaban J connectivity index is 1.04. The van der Waals surface area contributed by atoms with Gasteiger partial charge in [-0.05, 0) is 99.4 Å². The van der Waals surface area contributed by atoms with Crippen molar-refractivity contribution in [2.45, 2.75) is 51.6 Å². The van der Waals surface area contributed by atoms with Gasteiger partial charge in [0.1, 0.15) is 17.2 Å². The standard InChI is InChI=1S/C39H40F2N6O2/c1-26-42-24-33(39(49)47(26)25-29-10-14-34(40)35(41)21-29)37(48)7-5-4-6-27-11-15-36-30(20-27)23-43-38(44-36)22-28-8-12-31(13-9-28)46(3)32-16-18-45(2)19-17-32/h4,6,8-15,20-21,23-24,32H,5,7,16-19,22,25H2,1-3H3/b6-4+. The number of ketones is 1. The molecule has 0 amide bonds. The number of benzene rings is 3. The van der Waals surface area contributed by atoms with Crippen molar-refractivity contribution in [2.75, 3.05) is 32.1 Å². The number of halogens is 2. The van der Waals surface area contributed by atoms with Crippen molar-refractivity contribution in [3.63, 3.8) is 0 Å². The largest absolute Gasteiger partial charge is 0.372 e. The first kappa shape index (κ1) is 33.8. The van der Waals surface area contributed by atoms with Gasteiger partial charge in [-0.2, -0.15) is 0 Å². The number of carbonyl (C=O) groups is 1. The smallest absolute Gasteiger partial charge is 0.264 e. The third-order valence-electron chi connectivity index (χ3n) is 9.32. The second-order valence-corrected chi connectivity index (χ2v) is 12.8. The van der Waals surface area contributed by atoms with Crippen molar-refractivity contribution in [1.29, 1.82) is 0 Å². The number of carbonyl (C=O) groups excluding carboxylic acids is 1. The molecule has 0 atom stereocenters. The zero-order valence-corrected chi connectivity index (χ0v) is 28.1. The molecule has 5 aromatic rings. The van der Waals surface area contributed by atoms with Gasteiger partial charge in [0.05, 0.1) is 12.1 Å². The molecule has 8 nitrogen and oxygen atoms in total. The van der Waals surface area contributed by atoms with Gasteiger partial charge in [0.15, 0.2) is 17.4 Å². The maximum Gasteiger partial charge on any atom is 0.264 e. The fourth-order valence-corrected chi connectivity index (χ4v) is 6.25. The third-order valence-corrected chi connectivity index (χ3v) is 9.32. The molecule has 1 aliphatic rings. The van der Waals surface area contributed by atoms with E-state index in [0.29, 0.717) is 30.3 Å². The lowest BCUT2D eigenvalue weighted by molar-refractivity contribution is 0.0981. The molecular formula is C39H40F2N6O2. The molecule has 0 spiro atoms. The van der Waals surface area contributed by atoms with Crippen molar-refractivity contribution < 1.29 is 13.6 Å². The SMILES string of the molecule is Cc1ncc(C(=O)CC/C=C/c2ccc3nc(Cc4ccc(N(C)C5CCN(C)CC5)cc4)ncc3c2)c(=O)n1Cc1ccc(F)c(F)c1. The molecule has 0 unspecified atom stereocenters. The Hall–Kier alpha value is -5.09. The van der Waals surface area contributed by atoms with Crippen molar-refractivity contribution in [1.82, 2.24) is 24.4 Å². The van der Waals surface area contributed by atoms with Crippen molar-refractivity contribution >= 4 is 28.4 Å². The molecular weight excluding hydrogens is 622 g/mol. The zero-order valence-electron chi connectivity index (χ0n) is 28.1. The topological polar surface area (TPSA) is 84.2 Å². The van der Waals surface area contributed by atoms with Gasteiger partial charge < -0.3 is 9.80 Å². The van der Waals surface area contributed by atoms with Crippen LogP contribution in [0.25, 0.3) is 17.0 Å². The summed E-state index contributed by atoms with van der Waals surface area (Å²) in [6.07, 6.45) is 10.5. The van der Waals surface area contributed by atoms with Crippen LogP contribution >= 0.6 is 0 Å². The summed E-state index contributed by atoms with van der Waals surface area (Å²) in [4.78, 5) is 44.4. The quantitative estimate of drug-likeness (QED) is 0.147. The van der Waals surface area contributed by atoms with E-state index in [4.69, 9.17) is 4.98 Å². The fourth-order valence-electron chi connectivity index (χ4n) is 6.25. The predicted octanol–water partition coefficient (Wildman–Crippen LogP) is 6.62. The lowest BCUT2D eigenvalue weighted by Crippen LogP contribution is -2.41. The number of anilines is 1. The molecule has 3 aromatic carbocycles. The molecule has 0 bridgehead atoms. The molecule has 252 valence electrons. The summed E-state index contributed by atoms with van der Waals surface area (Å²) in [7, 11) is 4.37. The molecule has 3 heterocycles. The van der Waals surface area contributed by atoms with Gasteiger partial charge in [-0.3, -0.25) is 14.2 Å². The van der Waals surface area contributed by atoms with Gasteiger partial charge in [-0.1, -0.05) is 36.4 Å². The average Bonchev–Trinajstić information content (AvgIpc) is 3.10. The monoisotopic (exact) mass is 662 g/mol. The molecule has 0 saturated carbocycles. The highest BCUT2D eigenvalue weighted by atomic mass is 19.2. The molecule has 1 fully saturated rings. The maximum atomic E-state index is 13.7. The molecule has 49 heavy (non-hydrogen) atoms. The van der Waals surface area contributed by atoms with Gasteiger partial charge in [-0.25, -0.2) is 23.7 Å². The number of rotatable bonds is 11. The first-order valence-corrected chi connectivity index (χ1v) is 16.6. The highest BCUT2D eigenvalue weighted by Crippen LogP contribution is 2.23.